The summed E-state index contributed by atoms with van der Waals surface area (Å²) in [6.07, 6.45) is 3.05. The van der Waals surface area contributed by atoms with Gasteiger partial charge in [0.15, 0.2) is 0 Å². The number of anilines is 1. The summed E-state index contributed by atoms with van der Waals surface area (Å²) < 4.78 is 0. The molecule has 2 nitrogen and oxygen atoms in total. The van der Waals surface area contributed by atoms with Crippen molar-refractivity contribution < 1.29 is 0 Å². The van der Waals surface area contributed by atoms with Gasteiger partial charge in [0.2, 0.25) is 0 Å². The molecule has 78 valence electrons. The van der Waals surface area contributed by atoms with Crippen molar-refractivity contribution in [3.63, 3.8) is 0 Å². The number of nitrogen functional groups attached to an aromatic ring is 1. The Kier molecular flexibility index (Phi) is 4.80. The Hall–Kier alpha value is -0.700. The number of rotatable bonds is 5. The van der Waals surface area contributed by atoms with Gasteiger partial charge in [-0.25, -0.2) is 4.98 Å². The summed E-state index contributed by atoms with van der Waals surface area (Å²) in [5, 5.41) is 0. The van der Waals surface area contributed by atoms with E-state index in [1.807, 2.05) is 23.9 Å². The van der Waals surface area contributed by atoms with E-state index in [1.165, 1.54) is 17.7 Å². The van der Waals surface area contributed by atoms with Gasteiger partial charge in [-0.3, -0.25) is 0 Å². The maximum atomic E-state index is 5.59. The molecule has 3 heteroatoms. The molecule has 0 fully saturated rings. The number of hydrogen-bond acceptors (Lipinski definition) is 3. The molecule has 2 N–H and O–H groups in total. The molecule has 1 aromatic heterocycles. The number of nitrogens with zero attached hydrogens (tertiary/aromatic N) is 1. The normalized spacial score (nSPS) is 10.8. The van der Waals surface area contributed by atoms with E-state index in [-0.39, 0.29) is 0 Å². The first-order valence-electron chi connectivity index (χ1n) is 4.96. The summed E-state index contributed by atoms with van der Waals surface area (Å²) in [5.41, 5.74) is 6.86. The van der Waals surface area contributed by atoms with Crippen molar-refractivity contribution in [1.82, 2.24) is 4.98 Å². The second kappa shape index (κ2) is 5.91. The molecule has 0 unspecified atom stereocenters. The van der Waals surface area contributed by atoms with Crippen molar-refractivity contribution in [3.8, 4) is 0 Å². The van der Waals surface area contributed by atoms with Gasteiger partial charge < -0.3 is 5.73 Å². The van der Waals surface area contributed by atoms with Crippen LogP contribution in [0.4, 0.5) is 5.82 Å². The van der Waals surface area contributed by atoms with Gasteiger partial charge in [0.1, 0.15) is 5.82 Å². The molecule has 1 heterocycles. The standard InChI is InChI=1S/C11H18N2S/c1-9(2)4-6-14-8-10-3-5-13-11(12)7-10/h3,5,7,9H,4,6,8H2,1-2H3,(H2,12,13). The predicted molar refractivity (Wildman–Crippen MR) is 64.3 cm³/mol. The summed E-state index contributed by atoms with van der Waals surface area (Å²) in [5.74, 6) is 3.68. The number of aromatic nitrogens is 1. The second-order valence-electron chi connectivity index (χ2n) is 3.82. The van der Waals surface area contributed by atoms with Gasteiger partial charge in [-0.05, 0) is 35.8 Å². The van der Waals surface area contributed by atoms with E-state index in [2.05, 4.69) is 18.8 Å². The molecular formula is C11H18N2S. The van der Waals surface area contributed by atoms with E-state index in [4.69, 9.17) is 5.73 Å². The predicted octanol–water partition coefficient (Wildman–Crippen LogP) is 2.94. The fraction of sp³-hybridized carbons (Fsp3) is 0.545. The third-order valence-electron chi connectivity index (χ3n) is 1.95. The van der Waals surface area contributed by atoms with Crippen molar-refractivity contribution in [1.29, 1.82) is 0 Å². The molecule has 0 aliphatic heterocycles. The molecule has 0 aromatic carbocycles. The van der Waals surface area contributed by atoms with Crippen LogP contribution in [0.5, 0.6) is 0 Å². The highest BCUT2D eigenvalue weighted by atomic mass is 32.2. The Morgan fingerprint density at radius 3 is 2.93 bits per heavy atom. The van der Waals surface area contributed by atoms with Gasteiger partial charge in [0.05, 0.1) is 0 Å². The summed E-state index contributed by atoms with van der Waals surface area (Å²) in [4.78, 5) is 3.96. The summed E-state index contributed by atoms with van der Waals surface area (Å²) >= 11 is 1.96. The largest absolute Gasteiger partial charge is 0.384 e. The van der Waals surface area contributed by atoms with Gasteiger partial charge in [0.25, 0.3) is 0 Å². The summed E-state index contributed by atoms with van der Waals surface area (Å²) in [7, 11) is 0. The highest BCUT2D eigenvalue weighted by Crippen LogP contribution is 2.15. The highest BCUT2D eigenvalue weighted by molar-refractivity contribution is 7.98. The lowest BCUT2D eigenvalue weighted by molar-refractivity contribution is 0.632. The Balaban J connectivity index is 2.25. The summed E-state index contributed by atoms with van der Waals surface area (Å²) in [6.45, 7) is 4.51. The molecule has 0 aliphatic rings. The SMILES string of the molecule is CC(C)CCSCc1ccnc(N)c1. The fourth-order valence-electron chi connectivity index (χ4n) is 1.09. The molecule has 0 atom stereocenters. The molecule has 1 rings (SSSR count). The second-order valence-corrected chi connectivity index (χ2v) is 4.93. The Morgan fingerprint density at radius 1 is 1.50 bits per heavy atom. The van der Waals surface area contributed by atoms with E-state index < -0.39 is 0 Å². The van der Waals surface area contributed by atoms with E-state index >= 15 is 0 Å². The van der Waals surface area contributed by atoms with Crippen LogP contribution in [0.15, 0.2) is 18.3 Å². The minimum absolute atomic E-state index is 0.618. The van der Waals surface area contributed by atoms with E-state index in [1.54, 1.807) is 6.20 Å². The monoisotopic (exact) mass is 210 g/mol. The molecule has 0 radical (unpaired) electrons. The molecule has 1 aromatic rings. The number of nitrogens with two attached hydrogens (primary N) is 1. The van der Waals surface area contributed by atoms with E-state index in [0.717, 1.165) is 11.7 Å². The first kappa shape index (κ1) is 11.4. The molecule has 0 amide bonds. The zero-order valence-electron chi connectivity index (χ0n) is 8.86. The number of hydrogen-bond donors (Lipinski definition) is 1. The van der Waals surface area contributed by atoms with Gasteiger partial charge >= 0.3 is 0 Å². The zero-order valence-corrected chi connectivity index (χ0v) is 9.68. The van der Waals surface area contributed by atoms with Crippen LogP contribution in [0.2, 0.25) is 0 Å². The number of thioether (sulfide) groups is 1. The Labute approximate surface area is 90.3 Å². The molecule has 0 bridgehead atoms. The maximum Gasteiger partial charge on any atom is 0.123 e. The van der Waals surface area contributed by atoms with Crippen LogP contribution < -0.4 is 5.73 Å². The van der Waals surface area contributed by atoms with Crippen LogP contribution in [0.25, 0.3) is 0 Å². The Bertz CT molecular complexity index is 274. The Morgan fingerprint density at radius 2 is 2.29 bits per heavy atom. The molecule has 0 spiro atoms. The van der Waals surface area contributed by atoms with Crippen LogP contribution in [-0.2, 0) is 5.75 Å². The summed E-state index contributed by atoms with van der Waals surface area (Å²) in [6, 6.07) is 3.97. The van der Waals surface area contributed by atoms with Gasteiger partial charge in [0, 0.05) is 11.9 Å². The zero-order chi connectivity index (χ0) is 10.4. The van der Waals surface area contributed by atoms with Crippen molar-refractivity contribution in [3.05, 3.63) is 23.9 Å². The van der Waals surface area contributed by atoms with Crippen LogP contribution >= 0.6 is 11.8 Å². The van der Waals surface area contributed by atoms with Gasteiger partial charge in [-0.1, -0.05) is 13.8 Å². The van der Waals surface area contributed by atoms with Crippen LogP contribution in [0.3, 0.4) is 0 Å². The molecule has 14 heavy (non-hydrogen) atoms. The van der Waals surface area contributed by atoms with Crippen molar-refractivity contribution in [2.24, 2.45) is 5.92 Å². The average molecular weight is 210 g/mol. The van der Waals surface area contributed by atoms with E-state index in [9.17, 15) is 0 Å². The molecular weight excluding hydrogens is 192 g/mol. The maximum absolute atomic E-state index is 5.59. The average Bonchev–Trinajstić information content (AvgIpc) is 2.12. The number of pyridine rings is 1. The molecule has 0 saturated heterocycles. The molecule has 0 saturated carbocycles. The minimum atomic E-state index is 0.618. The third kappa shape index (κ3) is 4.51. The minimum Gasteiger partial charge on any atom is -0.384 e. The van der Waals surface area contributed by atoms with E-state index in [0.29, 0.717) is 5.82 Å². The van der Waals surface area contributed by atoms with Crippen LogP contribution in [0.1, 0.15) is 25.8 Å². The topological polar surface area (TPSA) is 38.9 Å². The van der Waals surface area contributed by atoms with Crippen molar-refractivity contribution in [2.45, 2.75) is 26.0 Å². The third-order valence-corrected chi connectivity index (χ3v) is 3.02. The molecule has 0 aliphatic carbocycles. The van der Waals surface area contributed by atoms with Crippen molar-refractivity contribution >= 4 is 17.6 Å². The van der Waals surface area contributed by atoms with Gasteiger partial charge in [-0.15, -0.1) is 0 Å². The van der Waals surface area contributed by atoms with Gasteiger partial charge in [-0.2, -0.15) is 11.8 Å². The van der Waals surface area contributed by atoms with Crippen LogP contribution in [0, 0.1) is 5.92 Å². The lowest BCUT2D eigenvalue weighted by Gasteiger charge is -2.04. The lowest BCUT2D eigenvalue weighted by Crippen LogP contribution is -1.93. The fourth-order valence-corrected chi connectivity index (χ4v) is 2.29. The quantitative estimate of drug-likeness (QED) is 0.759. The first-order valence-corrected chi connectivity index (χ1v) is 6.12. The van der Waals surface area contributed by atoms with Crippen LogP contribution in [-0.4, -0.2) is 10.7 Å². The first-order chi connectivity index (χ1) is 6.68. The van der Waals surface area contributed by atoms with Crippen molar-refractivity contribution in [2.75, 3.05) is 11.5 Å². The lowest BCUT2D eigenvalue weighted by atomic mass is 10.2. The smallest absolute Gasteiger partial charge is 0.123 e. The highest BCUT2D eigenvalue weighted by Gasteiger charge is 1.97.